The average molecular weight is 281 g/mol. The summed E-state index contributed by atoms with van der Waals surface area (Å²) < 4.78 is 11.2. The van der Waals surface area contributed by atoms with Crippen LogP contribution in [0.5, 0.6) is 6.01 Å². The highest BCUT2D eigenvalue weighted by Gasteiger charge is 2.30. The molecular formula is C13H23N5O2. The molecule has 20 heavy (non-hydrogen) atoms. The van der Waals surface area contributed by atoms with Gasteiger partial charge in [-0.25, -0.2) is 0 Å². The summed E-state index contributed by atoms with van der Waals surface area (Å²) in [6.07, 6.45) is 1.16. The van der Waals surface area contributed by atoms with Crippen LogP contribution in [0.25, 0.3) is 0 Å². The summed E-state index contributed by atoms with van der Waals surface area (Å²) in [7, 11) is 3.75. The van der Waals surface area contributed by atoms with Gasteiger partial charge < -0.3 is 19.7 Å². The van der Waals surface area contributed by atoms with Gasteiger partial charge in [0.15, 0.2) is 0 Å². The van der Waals surface area contributed by atoms with Crippen LogP contribution in [-0.4, -0.2) is 53.9 Å². The fourth-order valence-corrected chi connectivity index (χ4v) is 2.26. The second kappa shape index (κ2) is 6.21. The predicted octanol–water partition coefficient (Wildman–Crippen LogP) is 1.31. The predicted molar refractivity (Wildman–Crippen MR) is 77.4 cm³/mol. The smallest absolute Gasteiger partial charge is 0.323 e. The summed E-state index contributed by atoms with van der Waals surface area (Å²) in [5.74, 6) is 1.10. The van der Waals surface area contributed by atoms with E-state index in [2.05, 4.69) is 27.2 Å². The van der Waals surface area contributed by atoms with Gasteiger partial charge in [0.2, 0.25) is 11.9 Å². The summed E-state index contributed by atoms with van der Waals surface area (Å²) in [4.78, 5) is 15.0. The summed E-state index contributed by atoms with van der Waals surface area (Å²) in [6, 6.07) is 0.613. The van der Waals surface area contributed by atoms with Crippen LogP contribution in [0, 0.1) is 0 Å². The lowest BCUT2D eigenvalue weighted by Crippen LogP contribution is -2.38. The van der Waals surface area contributed by atoms with Crippen LogP contribution in [0.3, 0.4) is 0 Å². The van der Waals surface area contributed by atoms with Crippen molar-refractivity contribution in [2.24, 2.45) is 0 Å². The van der Waals surface area contributed by atoms with Gasteiger partial charge in [0, 0.05) is 20.7 Å². The lowest BCUT2D eigenvalue weighted by Gasteiger charge is -2.27. The van der Waals surface area contributed by atoms with Crippen LogP contribution in [0.2, 0.25) is 0 Å². The minimum Gasteiger partial charge on any atom is -0.461 e. The molecular weight excluding hydrogens is 258 g/mol. The van der Waals surface area contributed by atoms with E-state index in [0.717, 1.165) is 13.0 Å². The molecule has 0 amide bonds. The number of aromatic nitrogens is 3. The van der Waals surface area contributed by atoms with Gasteiger partial charge in [-0.15, -0.1) is 0 Å². The van der Waals surface area contributed by atoms with Crippen molar-refractivity contribution < 1.29 is 9.47 Å². The molecule has 2 rings (SSSR count). The second-order valence-electron chi connectivity index (χ2n) is 5.20. The standard InChI is InChI=1S/C13H23N5O2/c1-8(2)20-13-16-11(14-4)15-12(17-13)18(5)10-6-7-19-9(10)3/h8-10H,6-7H2,1-5H3,(H,14,15,16,17). The number of rotatable bonds is 5. The Bertz CT molecular complexity index is 454. The molecule has 1 aromatic heterocycles. The van der Waals surface area contributed by atoms with Gasteiger partial charge in [-0.05, 0) is 27.2 Å². The Balaban J connectivity index is 2.25. The maximum Gasteiger partial charge on any atom is 0.323 e. The highest BCUT2D eigenvalue weighted by Crippen LogP contribution is 2.23. The Morgan fingerprint density at radius 1 is 1.35 bits per heavy atom. The summed E-state index contributed by atoms with van der Waals surface area (Å²) in [6.45, 7) is 6.73. The SMILES string of the molecule is CNc1nc(OC(C)C)nc(N(C)C2CCOC2C)n1. The lowest BCUT2D eigenvalue weighted by atomic mass is 10.1. The molecule has 0 aromatic carbocycles. The fourth-order valence-electron chi connectivity index (χ4n) is 2.26. The van der Waals surface area contributed by atoms with E-state index in [4.69, 9.17) is 9.47 Å². The van der Waals surface area contributed by atoms with Gasteiger partial charge in [-0.3, -0.25) is 0 Å². The fraction of sp³-hybridized carbons (Fsp3) is 0.769. The topological polar surface area (TPSA) is 72.4 Å². The van der Waals surface area contributed by atoms with E-state index in [1.54, 1.807) is 7.05 Å². The largest absolute Gasteiger partial charge is 0.461 e. The van der Waals surface area contributed by atoms with E-state index in [9.17, 15) is 0 Å². The van der Waals surface area contributed by atoms with E-state index in [-0.39, 0.29) is 18.2 Å². The van der Waals surface area contributed by atoms with Crippen molar-refractivity contribution in [1.82, 2.24) is 15.0 Å². The van der Waals surface area contributed by atoms with Crippen LogP contribution in [0.1, 0.15) is 27.2 Å². The van der Waals surface area contributed by atoms with Crippen molar-refractivity contribution in [1.29, 1.82) is 0 Å². The number of hydrogen-bond acceptors (Lipinski definition) is 7. The van der Waals surface area contributed by atoms with Crippen LogP contribution in [0.4, 0.5) is 11.9 Å². The Labute approximate surface area is 119 Å². The maximum atomic E-state index is 5.60. The van der Waals surface area contributed by atoms with Gasteiger partial charge in [-0.2, -0.15) is 15.0 Å². The number of hydrogen-bond donors (Lipinski definition) is 1. The molecule has 1 N–H and O–H groups in total. The molecule has 0 aliphatic carbocycles. The molecule has 112 valence electrons. The molecule has 1 fully saturated rings. The zero-order valence-electron chi connectivity index (χ0n) is 12.8. The normalized spacial score (nSPS) is 22.1. The molecule has 1 aliphatic heterocycles. The molecule has 0 saturated carbocycles. The number of nitrogens with one attached hydrogen (secondary N) is 1. The first kappa shape index (κ1) is 14.8. The van der Waals surface area contributed by atoms with E-state index in [1.165, 1.54) is 0 Å². The molecule has 0 radical (unpaired) electrons. The first-order valence-corrected chi connectivity index (χ1v) is 6.96. The van der Waals surface area contributed by atoms with Gasteiger partial charge in [0.1, 0.15) is 0 Å². The first-order valence-electron chi connectivity index (χ1n) is 6.96. The van der Waals surface area contributed by atoms with Crippen LogP contribution in [0.15, 0.2) is 0 Å². The molecule has 1 aromatic rings. The maximum absolute atomic E-state index is 5.60. The highest BCUT2D eigenvalue weighted by molar-refractivity contribution is 5.38. The van der Waals surface area contributed by atoms with E-state index in [0.29, 0.717) is 17.9 Å². The molecule has 2 heterocycles. The van der Waals surface area contributed by atoms with Gasteiger partial charge in [0.25, 0.3) is 0 Å². The molecule has 1 aliphatic rings. The van der Waals surface area contributed by atoms with E-state index in [1.807, 2.05) is 25.8 Å². The number of nitrogens with zero attached hydrogens (tertiary/aromatic N) is 4. The summed E-state index contributed by atoms with van der Waals surface area (Å²) in [5.41, 5.74) is 0. The third-order valence-corrected chi connectivity index (χ3v) is 3.32. The van der Waals surface area contributed by atoms with Gasteiger partial charge >= 0.3 is 6.01 Å². The first-order chi connectivity index (χ1) is 9.51. The monoisotopic (exact) mass is 281 g/mol. The van der Waals surface area contributed by atoms with Crippen LogP contribution < -0.4 is 15.0 Å². The van der Waals surface area contributed by atoms with Crippen molar-refractivity contribution in [3.05, 3.63) is 0 Å². The molecule has 0 bridgehead atoms. The summed E-state index contributed by atoms with van der Waals surface area (Å²) in [5, 5.41) is 2.94. The van der Waals surface area contributed by atoms with Crippen molar-refractivity contribution in [3.63, 3.8) is 0 Å². The zero-order valence-corrected chi connectivity index (χ0v) is 12.8. The molecule has 1 saturated heterocycles. The zero-order chi connectivity index (χ0) is 14.7. The van der Waals surface area contributed by atoms with Gasteiger partial charge in [0.05, 0.1) is 18.2 Å². The van der Waals surface area contributed by atoms with Crippen LogP contribution in [-0.2, 0) is 4.74 Å². The molecule has 0 spiro atoms. The van der Waals surface area contributed by atoms with Crippen LogP contribution >= 0.6 is 0 Å². The number of anilines is 2. The highest BCUT2D eigenvalue weighted by atomic mass is 16.5. The Hall–Kier alpha value is -1.63. The Morgan fingerprint density at radius 3 is 2.65 bits per heavy atom. The minimum absolute atomic E-state index is 0.0222. The number of ether oxygens (including phenoxy) is 2. The average Bonchev–Trinajstić information content (AvgIpc) is 2.83. The molecule has 2 unspecified atom stereocenters. The second-order valence-corrected chi connectivity index (χ2v) is 5.20. The molecule has 7 heteroatoms. The minimum atomic E-state index is 0.0222. The third-order valence-electron chi connectivity index (χ3n) is 3.32. The van der Waals surface area contributed by atoms with E-state index >= 15 is 0 Å². The molecule has 7 nitrogen and oxygen atoms in total. The van der Waals surface area contributed by atoms with Crippen molar-refractivity contribution in [2.45, 2.75) is 45.4 Å². The Morgan fingerprint density at radius 2 is 2.10 bits per heavy atom. The quantitative estimate of drug-likeness (QED) is 0.872. The van der Waals surface area contributed by atoms with Crippen molar-refractivity contribution in [3.8, 4) is 6.01 Å². The van der Waals surface area contributed by atoms with Gasteiger partial charge in [-0.1, -0.05) is 0 Å². The molecule has 2 atom stereocenters. The third kappa shape index (κ3) is 3.27. The lowest BCUT2D eigenvalue weighted by molar-refractivity contribution is 0.118. The van der Waals surface area contributed by atoms with Crippen molar-refractivity contribution >= 4 is 11.9 Å². The Kier molecular flexibility index (Phi) is 4.59. The summed E-state index contributed by atoms with van der Waals surface area (Å²) >= 11 is 0. The van der Waals surface area contributed by atoms with E-state index < -0.39 is 0 Å². The van der Waals surface area contributed by atoms with Crippen molar-refractivity contribution in [2.75, 3.05) is 30.9 Å². The number of likely N-dealkylation sites (N-methyl/N-ethyl adjacent to an activating group) is 1.